The molecule has 0 bridgehead atoms. The SMILES string of the molecule is NC(=O)c1cnc(C(=O)O)c(OC2CC2)c1. The van der Waals surface area contributed by atoms with Crippen LogP contribution in [0.15, 0.2) is 12.3 Å². The maximum absolute atomic E-state index is 10.9. The minimum Gasteiger partial charge on any atom is -0.488 e. The largest absolute Gasteiger partial charge is 0.488 e. The van der Waals surface area contributed by atoms with Crippen LogP contribution in [-0.2, 0) is 0 Å². The molecule has 0 atom stereocenters. The van der Waals surface area contributed by atoms with Crippen molar-refractivity contribution in [3.05, 3.63) is 23.5 Å². The third-order valence-corrected chi connectivity index (χ3v) is 2.16. The summed E-state index contributed by atoms with van der Waals surface area (Å²) >= 11 is 0. The number of aromatic nitrogens is 1. The molecule has 16 heavy (non-hydrogen) atoms. The fourth-order valence-electron chi connectivity index (χ4n) is 1.20. The van der Waals surface area contributed by atoms with E-state index in [1.54, 1.807) is 0 Å². The van der Waals surface area contributed by atoms with Gasteiger partial charge in [0.1, 0.15) is 0 Å². The fraction of sp³-hybridized carbons (Fsp3) is 0.300. The average Bonchev–Trinajstić information content (AvgIpc) is 3.01. The van der Waals surface area contributed by atoms with Crippen LogP contribution in [0.25, 0.3) is 0 Å². The lowest BCUT2D eigenvalue weighted by molar-refractivity contribution is 0.0684. The molecule has 0 radical (unpaired) electrons. The van der Waals surface area contributed by atoms with Gasteiger partial charge in [-0.1, -0.05) is 0 Å². The Hall–Kier alpha value is -2.11. The molecule has 1 amide bonds. The number of carbonyl (C=O) groups is 2. The van der Waals surface area contributed by atoms with E-state index < -0.39 is 11.9 Å². The molecule has 1 saturated carbocycles. The van der Waals surface area contributed by atoms with Crippen LogP contribution >= 0.6 is 0 Å². The van der Waals surface area contributed by atoms with Crippen molar-refractivity contribution in [2.45, 2.75) is 18.9 Å². The van der Waals surface area contributed by atoms with Crippen molar-refractivity contribution in [1.82, 2.24) is 4.98 Å². The Morgan fingerprint density at radius 3 is 2.69 bits per heavy atom. The Bertz CT molecular complexity index is 454. The lowest BCUT2D eigenvalue weighted by atomic mass is 10.2. The molecule has 0 aromatic carbocycles. The Morgan fingerprint density at radius 2 is 2.19 bits per heavy atom. The van der Waals surface area contributed by atoms with Gasteiger partial charge in [0.25, 0.3) is 0 Å². The summed E-state index contributed by atoms with van der Waals surface area (Å²) in [6.45, 7) is 0. The summed E-state index contributed by atoms with van der Waals surface area (Å²) in [5.74, 6) is -1.75. The Balaban J connectivity index is 2.37. The summed E-state index contributed by atoms with van der Waals surface area (Å²) in [5.41, 5.74) is 5.02. The number of pyridine rings is 1. The summed E-state index contributed by atoms with van der Waals surface area (Å²) < 4.78 is 5.36. The van der Waals surface area contributed by atoms with E-state index in [-0.39, 0.29) is 23.1 Å². The summed E-state index contributed by atoms with van der Waals surface area (Å²) in [4.78, 5) is 25.4. The van der Waals surface area contributed by atoms with Crippen LogP contribution in [0, 0.1) is 0 Å². The first-order valence-electron chi connectivity index (χ1n) is 4.77. The number of carboxylic acids is 1. The van der Waals surface area contributed by atoms with E-state index in [0.717, 1.165) is 19.0 Å². The van der Waals surface area contributed by atoms with E-state index in [1.165, 1.54) is 6.07 Å². The molecule has 1 aliphatic carbocycles. The van der Waals surface area contributed by atoms with Gasteiger partial charge in [-0.3, -0.25) is 4.79 Å². The predicted molar refractivity (Wildman–Crippen MR) is 53.4 cm³/mol. The molecular formula is C10H10N2O4. The van der Waals surface area contributed by atoms with Gasteiger partial charge in [-0.15, -0.1) is 0 Å². The standard InChI is InChI=1S/C10H10N2O4/c11-9(13)5-3-7(16-6-1-2-6)8(10(14)15)12-4-5/h3-4,6H,1-2H2,(H2,11,13)(H,14,15). The molecule has 0 spiro atoms. The van der Waals surface area contributed by atoms with Gasteiger partial charge < -0.3 is 15.6 Å². The van der Waals surface area contributed by atoms with Crippen LogP contribution < -0.4 is 10.5 Å². The summed E-state index contributed by atoms with van der Waals surface area (Å²) in [5, 5.41) is 8.87. The smallest absolute Gasteiger partial charge is 0.358 e. The molecule has 6 heteroatoms. The predicted octanol–water partition coefficient (Wildman–Crippen LogP) is 0.420. The molecule has 6 nitrogen and oxygen atoms in total. The Labute approximate surface area is 91.0 Å². The van der Waals surface area contributed by atoms with Gasteiger partial charge in [0.05, 0.1) is 11.7 Å². The number of nitrogens with zero attached hydrogens (tertiary/aromatic N) is 1. The number of nitrogens with two attached hydrogens (primary N) is 1. The van der Waals surface area contributed by atoms with Gasteiger partial charge in [-0.05, 0) is 18.9 Å². The molecule has 0 unspecified atom stereocenters. The maximum atomic E-state index is 10.9. The van der Waals surface area contributed by atoms with Crippen LogP contribution in [0.1, 0.15) is 33.7 Å². The average molecular weight is 222 g/mol. The van der Waals surface area contributed by atoms with Gasteiger partial charge in [-0.2, -0.15) is 0 Å². The molecule has 0 saturated heterocycles. The van der Waals surface area contributed by atoms with E-state index in [9.17, 15) is 9.59 Å². The molecule has 3 N–H and O–H groups in total. The zero-order chi connectivity index (χ0) is 11.7. The van der Waals surface area contributed by atoms with Crippen molar-refractivity contribution >= 4 is 11.9 Å². The highest BCUT2D eigenvalue weighted by atomic mass is 16.5. The number of amides is 1. The number of carboxylic acid groups (broad SMARTS) is 1. The van der Waals surface area contributed by atoms with Crippen molar-refractivity contribution in [3.63, 3.8) is 0 Å². The highest BCUT2D eigenvalue weighted by Crippen LogP contribution is 2.28. The highest BCUT2D eigenvalue weighted by molar-refractivity contribution is 5.95. The molecule has 1 aromatic heterocycles. The summed E-state index contributed by atoms with van der Waals surface area (Å²) in [6, 6.07) is 1.32. The van der Waals surface area contributed by atoms with Gasteiger partial charge in [0, 0.05) is 6.20 Å². The minimum absolute atomic E-state index is 0.0306. The number of rotatable bonds is 4. The molecular weight excluding hydrogens is 212 g/mol. The molecule has 1 fully saturated rings. The van der Waals surface area contributed by atoms with Gasteiger partial charge in [-0.25, -0.2) is 9.78 Å². The van der Waals surface area contributed by atoms with E-state index in [1.807, 2.05) is 0 Å². The Kier molecular flexibility index (Phi) is 2.47. The van der Waals surface area contributed by atoms with Crippen molar-refractivity contribution in [2.24, 2.45) is 5.73 Å². The third-order valence-electron chi connectivity index (χ3n) is 2.16. The number of ether oxygens (including phenoxy) is 1. The normalized spacial score (nSPS) is 14.5. The quantitative estimate of drug-likeness (QED) is 0.768. The molecule has 1 heterocycles. The van der Waals surface area contributed by atoms with E-state index >= 15 is 0 Å². The van der Waals surface area contributed by atoms with Gasteiger partial charge in [0.15, 0.2) is 11.4 Å². The number of carbonyl (C=O) groups excluding carboxylic acids is 1. The molecule has 0 aliphatic heterocycles. The first kappa shape index (κ1) is 10.4. The van der Waals surface area contributed by atoms with Crippen LogP contribution in [0.3, 0.4) is 0 Å². The first-order chi connectivity index (χ1) is 7.58. The lowest BCUT2D eigenvalue weighted by Crippen LogP contribution is -2.14. The van der Waals surface area contributed by atoms with Crippen LogP contribution in [0.5, 0.6) is 5.75 Å². The maximum Gasteiger partial charge on any atom is 0.358 e. The van der Waals surface area contributed by atoms with Crippen molar-refractivity contribution < 1.29 is 19.4 Å². The number of hydrogen-bond acceptors (Lipinski definition) is 4. The number of hydrogen-bond donors (Lipinski definition) is 2. The van der Waals surface area contributed by atoms with Crippen molar-refractivity contribution in [3.8, 4) is 5.75 Å². The first-order valence-corrected chi connectivity index (χ1v) is 4.77. The molecule has 2 rings (SSSR count). The monoisotopic (exact) mass is 222 g/mol. The Morgan fingerprint density at radius 1 is 1.50 bits per heavy atom. The van der Waals surface area contributed by atoms with Gasteiger partial charge in [0.2, 0.25) is 5.91 Å². The second kappa shape index (κ2) is 3.80. The van der Waals surface area contributed by atoms with Gasteiger partial charge >= 0.3 is 5.97 Å². The minimum atomic E-state index is -1.19. The van der Waals surface area contributed by atoms with Crippen LogP contribution in [0.4, 0.5) is 0 Å². The molecule has 1 aromatic rings. The van der Waals surface area contributed by atoms with Crippen molar-refractivity contribution in [1.29, 1.82) is 0 Å². The van der Waals surface area contributed by atoms with Crippen LogP contribution in [0.2, 0.25) is 0 Å². The third kappa shape index (κ3) is 2.10. The summed E-state index contributed by atoms with van der Waals surface area (Å²) in [6.07, 6.45) is 2.94. The fourth-order valence-corrected chi connectivity index (χ4v) is 1.20. The number of aromatic carboxylic acids is 1. The zero-order valence-electron chi connectivity index (χ0n) is 8.34. The number of primary amides is 1. The second-order valence-electron chi connectivity index (χ2n) is 3.56. The summed E-state index contributed by atoms with van der Waals surface area (Å²) in [7, 11) is 0. The molecule has 1 aliphatic rings. The molecule has 84 valence electrons. The zero-order valence-corrected chi connectivity index (χ0v) is 8.34. The van der Waals surface area contributed by atoms with Crippen LogP contribution in [-0.4, -0.2) is 28.1 Å². The second-order valence-corrected chi connectivity index (χ2v) is 3.56. The van der Waals surface area contributed by atoms with E-state index in [0.29, 0.717) is 0 Å². The highest BCUT2D eigenvalue weighted by Gasteiger charge is 2.26. The topological polar surface area (TPSA) is 103 Å². The van der Waals surface area contributed by atoms with E-state index in [4.69, 9.17) is 15.6 Å². The van der Waals surface area contributed by atoms with Crippen molar-refractivity contribution in [2.75, 3.05) is 0 Å². The van der Waals surface area contributed by atoms with E-state index in [2.05, 4.69) is 4.98 Å². The lowest BCUT2D eigenvalue weighted by Gasteiger charge is -2.07.